The lowest BCUT2D eigenvalue weighted by Gasteiger charge is -2.05. The van der Waals surface area contributed by atoms with Crippen LogP contribution in [-0.4, -0.2) is 14.8 Å². The molecule has 2 aromatic rings. The number of halogens is 1. The first-order chi connectivity index (χ1) is 8.16. The van der Waals surface area contributed by atoms with E-state index in [9.17, 15) is 0 Å². The molecule has 0 unspecified atom stereocenters. The molecular formula is C13H16ClN3. The highest BCUT2D eigenvalue weighted by Crippen LogP contribution is 2.28. The highest BCUT2D eigenvalue weighted by atomic mass is 35.5. The van der Waals surface area contributed by atoms with Crippen LogP contribution >= 0.6 is 11.6 Å². The summed E-state index contributed by atoms with van der Waals surface area (Å²) < 4.78 is 2.19. The Morgan fingerprint density at radius 3 is 2.82 bits per heavy atom. The first kappa shape index (κ1) is 12.1. The molecule has 0 saturated heterocycles. The van der Waals surface area contributed by atoms with Gasteiger partial charge in [0, 0.05) is 17.6 Å². The fourth-order valence-corrected chi connectivity index (χ4v) is 2.28. The van der Waals surface area contributed by atoms with Crippen molar-refractivity contribution in [3.63, 3.8) is 0 Å². The van der Waals surface area contributed by atoms with Crippen molar-refractivity contribution >= 4 is 22.5 Å². The molecule has 4 heteroatoms. The first-order valence-corrected chi connectivity index (χ1v) is 6.16. The lowest BCUT2D eigenvalue weighted by atomic mass is 10.2. The van der Waals surface area contributed by atoms with E-state index in [1.165, 1.54) is 11.3 Å². The first-order valence-electron chi connectivity index (χ1n) is 5.78. The Morgan fingerprint density at radius 1 is 1.35 bits per heavy atom. The fourth-order valence-electron chi connectivity index (χ4n) is 2.03. The molecule has 0 aromatic carbocycles. The van der Waals surface area contributed by atoms with Gasteiger partial charge in [-0.15, -0.1) is 5.10 Å². The van der Waals surface area contributed by atoms with Crippen molar-refractivity contribution in [2.45, 2.75) is 33.7 Å². The number of allylic oxidation sites excluding steroid dienone is 2. The minimum Gasteiger partial charge on any atom is -0.338 e. The van der Waals surface area contributed by atoms with E-state index in [1.807, 2.05) is 0 Å². The predicted octanol–water partition coefficient (Wildman–Crippen LogP) is 3.67. The quantitative estimate of drug-likeness (QED) is 0.777. The summed E-state index contributed by atoms with van der Waals surface area (Å²) in [6.45, 7) is 7.15. The molecule has 90 valence electrons. The third kappa shape index (κ3) is 2.07. The van der Waals surface area contributed by atoms with Gasteiger partial charge in [-0.3, -0.25) is 0 Å². The summed E-state index contributed by atoms with van der Waals surface area (Å²) in [5, 5.41) is 9.40. The Hall–Kier alpha value is -1.35. The maximum atomic E-state index is 6.14. The Labute approximate surface area is 106 Å². The second kappa shape index (κ2) is 4.88. The van der Waals surface area contributed by atoms with E-state index in [-0.39, 0.29) is 0 Å². The Bertz CT molecular complexity index is 570. The summed E-state index contributed by atoms with van der Waals surface area (Å²) in [5.74, 6) is 0. The van der Waals surface area contributed by atoms with Crippen molar-refractivity contribution < 1.29 is 0 Å². The number of aryl methyl sites for hydroxylation is 1. The van der Waals surface area contributed by atoms with Crippen LogP contribution in [0.2, 0.25) is 5.15 Å². The van der Waals surface area contributed by atoms with E-state index in [0.29, 0.717) is 5.15 Å². The maximum Gasteiger partial charge on any atom is 0.175 e. The molecular weight excluding hydrogens is 234 g/mol. The summed E-state index contributed by atoms with van der Waals surface area (Å²) in [6, 6.07) is 0. The smallest absolute Gasteiger partial charge is 0.175 e. The monoisotopic (exact) mass is 249 g/mol. The zero-order chi connectivity index (χ0) is 12.4. The average Bonchev–Trinajstić information content (AvgIpc) is 2.56. The SMILES string of the molecule is CCC=CCn1c(C)c(C)c2cnnc(Cl)c21. The standard InChI is InChI=1S/C13H16ClN3/c1-4-5-6-7-17-10(3)9(2)11-8-15-16-13(14)12(11)17/h5-6,8H,4,7H2,1-3H3. The van der Waals surface area contributed by atoms with Crippen molar-refractivity contribution in [1.29, 1.82) is 0 Å². The number of hydrogen-bond donors (Lipinski definition) is 0. The second-order valence-electron chi connectivity index (χ2n) is 4.10. The second-order valence-corrected chi connectivity index (χ2v) is 4.46. The minimum absolute atomic E-state index is 0.476. The van der Waals surface area contributed by atoms with Crippen molar-refractivity contribution in [2.24, 2.45) is 0 Å². The summed E-state index contributed by atoms with van der Waals surface area (Å²) in [5.41, 5.74) is 3.43. The van der Waals surface area contributed by atoms with E-state index in [1.54, 1.807) is 6.20 Å². The molecule has 0 bridgehead atoms. The average molecular weight is 250 g/mol. The molecule has 3 nitrogen and oxygen atoms in total. The van der Waals surface area contributed by atoms with Gasteiger partial charge >= 0.3 is 0 Å². The van der Waals surface area contributed by atoms with E-state index < -0.39 is 0 Å². The molecule has 0 aliphatic heterocycles. The van der Waals surface area contributed by atoms with Gasteiger partial charge in [-0.05, 0) is 25.8 Å². The zero-order valence-corrected chi connectivity index (χ0v) is 11.1. The molecule has 0 fully saturated rings. The Kier molecular flexibility index (Phi) is 3.48. The van der Waals surface area contributed by atoms with Gasteiger partial charge in [0.05, 0.1) is 11.7 Å². The zero-order valence-electron chi connectivity index (χ0n) is 10.4. The van der Waals surface area contributed by atoms with E-state index in [4.69, 9.17) is 11.6 Å². The molecule has 0 N–H and O–H groups in total. The van der Waals surface area contributed by atoms with Crippen molar-refractivity contribution in [2.75, 3.05) is 0 Å². The van der Waals surface area contributed by atoms with Crippen molar-refractivity contribution in [1.82, 2.24) is 14.8 Å². The molecule has 17 heavy (non-hydrogen) atoms. The molecule has 0 saturated carbocycles. The predicted molar refractivity (Wildman–Crippen MR) is 71.4 cm³/mol. The van der Waals surface area contributed by atoms with Crippen LogP contribution in [0, 0.1) is 13.8 Å². The highest BCUT2D eigenvalue weighted by molar-refractivity contribution is 6.33. The van der Waals surface area contributed by atoms with Crippen LogP contribution in [0.15, 0.2) is 18.3 Å². The van der Waals surface area contributed by atoms with Crippen LogP contribution < -0.4 is 0 Å². The van der Waals surface area contributed by atoms with Crippen LogP contribution in [0.4, 0.5) is 0 Å². The van der Waals surface area contributed by atoms with Gasteiger partial charge in [-0.25, -0.2) is 0 Å². The third-order valence-electron chi connectivity index (χ3n) is 3.09. The number of fused-ring (bicyclic) bond motifs is 1. The minimum atomic E-state index is 0.476. The maximum absolute atomic E-state index is 6.14. The topological polar surface area (TPSA) is 30.7 Å². The van der Waals surface area contributed by atoms with Gasteiger partial charge in [-0.2, -0.15) is 5.10 Å². The lowest BCUT2D eigenvalue weighted by Crippen LogP contribution is -1.99. The summed E-state index contributed by atoms with van der Waals surface area (Å²) in [4.78, 5) is 0. The number of rotatable bonds is 3. The summed E-state index contributed by atoms with van der Waals surface area (Å²) >= 11 is 6.14. The Morgan fingerprint density at radius 2 is 2.12 bits per heavy atom. The van der Waals surface area contributed by atoms with Gasteiger partial charge in [0.25, 0.3) is 0 Å². The van der Waals surface area contributed by atoms with Crippen LogP contribution in [0.25, 0.3) is 10.9 Å². The molecule has 2 aromatic heterocycles. The van der Waals surface area contributed by atoms with Gasteiger partial charge in [0.1, 0.15) is 0 Å². The van der Waals surface area contributed by atoms with Crippen molar-refractivity contribution in [3.05, 3.63) is 34.8 Å². The van der Waals surface area contributed by atoms with Crippen molar-refractivity contribution in [3.8, 4) is 0 Å². The van der Waals surface area contributed by atoms with E-state index >= 15 is 0 Å². The largest absolute Gasteiger partial charge is 0.338 e. The molecule has 2 rings (SSSR count). The van der Waals surface area contributed by atoms with Gasteiger partial charge < -0.3 is 4.57 Å². The molecule has 0 aliphatic carbocycles. The lowest BCUT2D eigenvalue weighted by molar-refractivity contribution is 0.816. The Balaban J connectivity index is 2.61. The highest BCUT2D eigenvalue weighted by Gasteiger charge is 2.13. The molecule has 0 atom stereocenters. The van der Waals surface area contributed by atoms with Gasteiger partial charge in [0.15, 0.2) is 5.15 Å². The van der Waals surface area contributed by atoms with E-state index in [2.05, 4.69) is 47.7 Å². The van der Waals surface area contributed by atoms with Gasteiger partial charge in [-0.1, -0.05) is 30.7 Å². The number of aromatic nitrogens is 3. The van der Waals surface area contributed by atoms with Crippen LogP contribution in [0.5, 0.6) is 0 Å². The molecule has 2 heterocycles. The van der Waals surface area contributed by atoms with Crippen LogP contribution in [0.3, 0.4) is 0 Å². The van der Waals surface area contributed by atoms with Crippen LogP contribution in [0.1, 0.15) is 24.6 Å². The third-order valence-corrected chi connectivity index (χ3v) is 3.35. The molecule has 0 spiro atoms. The van der Waals surface area contributed by atoms with Crippen LogP contribution in [-0.2, 0) is 6.54 Å². The number of hydrogen-bond acceptors (Lipinski definition) is 2. The molecule has 0 amide bonds. The fraction of sp³-hybridized carbons (Fsp3) is 0.385. The van der Waals surface area contributed by atoms with Gasteiger partial charge in [0.2, 0.25) is 0 Å². The summed E-state index contributed by atoms with van der Waals surface area (Å²) in [6.07, 6.45) is 7.14. The molecule has 0 aliphatic rings. The normalized spacial score (nSPS) is 11.8. The molecule has 0 radical (unpaired) electrons. The summed E-state index contributed by atoms with van der Waals surface area (Å²) in [7, 11) is 0. The van der Waals surface area contributed by atoms with E-state index in [0.717, 1.165) is 23.9 Å². The number of nitrogens with zero attached hydrogens (tertiary/aromatic N) is 3.